The molecule has 0 bridgehead atoms. The maximum atomic E-state index is 12.0. The van der Waals surface area contributed by atoms with Gasteiger partial charge in [-0.1, -0.05) is 19.1 Å². The minimum absolute atomic E-state index is 0.391. The molecule has 0 saturated carbocycles. The van der Waals surface area contributed by atoms with Crippen LogP contribution in [-0.2, 0) is 4.74 Å². The summed E-state index contributed by atoms with van der Waals surface area (Å²) in [5, 5.41) is 4.06. The number of allylic oxidation sites excluding steroid dienone is 1. The molecule has 1 amide bonds. The van der Waals surface area contributed by atoms with Gasteiger partial charge in [-0.05, 0) is 82.3 Å². The van der Waals surface area contributed by atoms with Crippen LogP contribution in [-0.4, -0.2) is 41.7 Å². The van der Waals surface area contributed by atoms with Gasteiger partial charge in [0.25, 0.3) is 0 Å². The molecule has 2 aromatic rings. The van der Waals surface area contributed by atoms with Crippen LogP contribution in [0.25, 0.3) is 10.9 Å². The molecule has 1 aromatic heterocycles. The van der Waals surface area contributed by atoms with Crippen LogP contribution in [0.5, 0.6) is 0 Å². The molecule has 1 saturated heterocycles. The highest BCUT2D eigenvalue weighted by Crippen LogP contribution is 2.34. The third-order valence-electron chi connectivity index (χ3n) is 5.90. The van der Waals surface area contributed by atoms with E-state index < -0.39 is 6.09 Å². The zero-order chi connectivity index (χ0) is 19.9. The predicted octanol–water partition coefficient (Wildman–Crippen LogP) is 5.66. The highest BCUT2D eigenvalue weighted by molar-refractivity contribution is 5.91. The number of hydrogen-bond acceptors (Lipinski definition) is 3. The first-order chi connectivity index (χ1) is 13.6. The number of nitrogens with one attached hydrogen (secondary N) is 2. The van der Waals surface area contributed by atoms with Gasteiger partial charge < -0.3 is 14.6 Å². The molecule has 1 atom stereocenters. The van der Waals surface area contributed by atoms with E-state index in [-0.39, 0.29) is 0 Å². The SMILES string of the molecule is CC=CCCOC(=O)Nc1ccc2[nH]cc(C3CCN(C(C)CC)CC3)c2c1. The van der Waals surface area contributed by atoms with E-state index >= 15 is 0 Å². The predicted molar refractivity (Wildman–Crippen MR) is 116 cm³/mol. The average Bonchev–Trinajstić information content (AvgIpc) is 3.14. The quantitative estimate of drug-likeness (QED) is 0.479. The zero-order valence-corrected chi connectivity index (χ0v) is 17.3. The number of H-pyrrole nitrogens is 1. The molecule has 0 aliphatic carbocycles. The van der Waals surface area contributed by atoms with Crippen molar-refractivity contribution in [3.8, 4) is 0 Å². The smallest absolute Gasteiger partial charge is 0.411 e. The van der Waals surface area contributed by atoms with Crippen LogP contribution in [0.2, 0.25) is 0 Å². The molecule has 1 aliphatic heterocycles. The first-order valence-corrected chi connectivity index (χ1v) is 10.5. The standard InChI is InChI=1S/C23H33N3O2/c1-4-6-7-14-28-23(27)25-19-8-9-22-20(15-19)21(16-24-22)18-10-12-26(13-11-18)17(3)5-2/h4,6,8-9,15-18,24H,5,7,10-14H2,1-3H3,(H,25,27). The molecule has 1 unspecified atom stereocenters. The average molecular weight is 384 g/mol. The van der Waals surface area contributed by atoms with Gasteiger partial charge in [0.1, 0.15) is 0 Å². The van der Waals surface area contributed by atoms with Crippen molar-refractivity contribution in [3.05, 3.63) is 42.1 Å². The van der Waals surface area contributed by atoms with Crippen molar-refractivity contribution in [2.75, 3.05) is 25.0 Å². The van der Waals surface area contributed by atoms with Crippen LogP contribution < -0.4 is 5.32 Å². The number of rotatable bonds is 7. The summed E-state index contributed by atoms with van der Waals surface area (Å²) in [5.74, 6) is 0.567. The van der Waals surface area contributed by atoms with Crippen molar-refractivity contribution in [1.82, 2.24) is 9.88 Å². The first-order valence-electron chi connectivity index (χ1n) is 10.5. The van der Waals surface area contributed by atoms with Gasteiger partial charge in [-0.2, -0.15) is 0 Å². The Bertz CT molecular complexity index is 803. The summed E-state index contributed by atoms with van der Waals surface area (Å²) in [6.07, 6.45) is 9.99. The lowest BCUT2D eigenvalue weighted by atomic mass is 9.88. The molecular weight excluding hydrogens is 350 g/mol. The number of hydrogen-bond donors (Lipinski definition) is 2. The number of benzene rings is 1. The van der Waals surface area contributed by atoms with E-state index in [1.54, 1.807) is 0 Å². The van der Waals surface area contributed by atoms with Crippen molar-refractivity contribution >= 4 is 22.7 Å². The van der Waals surface area contributed by atoms with Gasteiger partial charge in [-0.15, -0.1) is 0 Å². The second kappa shape index (κ2) is 9.78. The maximum absolute atomic E-state index is 12.0. The van der Waals surface area contributed by atoms with Crippen LogP contribution in [0.3, 0.4) is 0 Å². The molecule has 152 valence electrons. The Labute approximate surface area is 168 Å². The number of carbonyl (C=O) groups is 1. The van der Waals surface area contributed by atoms with E-state index in [4.69, 9.17) is 4.74 Å². The van der Waals surface area contributed by atoms with Crippen LogP contribution >= 0.6 is 0 Å². The summed E-state index contributed by atoms with van der Waals surface area (Å²) in [6, 6.07) is 6.68. The minimum Gasteiger partial charge on any atom is -0.449 e. The largest absolute Gasteiger partial charge is 0.449 e. The summed E-state index contributed by atoms with van der Waals surface area (Å²) in [5.41, 5.74) is 3.26. The van der Waals surface area contributed by atoms with E-state index in [2.05, 4.69) is 41.3 Å². The van der Waals surface area contributed by atoms with Crippen LogP contribution in [0.15, 0.2) is 36.5 Å². The summed E-state index contributed by atoms with van der Waals surface area (Å²) in [7, 11) is 0. The topological polar surface area (TPSA) is 57.4 Å². The summed E-state index contributed by atoms with van der Waals surface area (Å²) in [4.78, 5) is 18.0. The number of aromatic nitrogens is 1. The molecule has 2 N–H and O–H groups in total. The molecule has 2 heterocycles. The Morgan fingerprint density at radius 3 is 2.89 bits per heavy atom. The number of likely N-dealkylation sites (tertiary alicyclic amines) is 1. The number of anilines is 1. The second-order valence-corrected chi connectivity index (χ2v) is 7.69. The molecule has 28 heavy (non-hydrogen) atoms. The lowest BCUT2D eigenvalue weighted by Crippen LogP contribution is -2.39. The Balaban J connectivity index is 1.65. The van der Waals surface area contributed by atoms with Crippen molar-refractivity contribution in [3.63, 3.8) is 0 Å². The number of nitrogens with zero attached hydrogens (tertiary/aromatic N) is 1. The zero-order valence-electron chi connectivity index (χ0n) is 17.3. The summed E-state index contributed by atoms with van der Waals surface area (Å²) in [6.45, 7) is 9.24. The lowest BCUT2D eigenvalue weighted by molar-refractivity contribution is 0.158. The van der Waals surface area contributed by atoms with Crippen molar-refractivity contribution < 1.29 is 9.53 Å². The second-order valence-electron chi connectivity index (χ2n) is 7.69. The maximum Gasteiger partial charge on any atom is 0.411 e. The molecule has 0 spiro atoms. The molecule has 0 radical (unpaired) electrons. The third-order valence-corrected chi connectivity index (χ3v) is 5.90. The van der Waals surface area contributed by atoms with E-state index in [0.29, 0.717) is 18.6 Å². The number of fused-ring (bicyclic) bond motifs is 1. The third kappa shape index (κ3) is 4.96. The van der Waals surface area contributed by atoms with Gasteiger partial charge in [-0.25, -0.2) is 4.79 Å². The summed E-state index contributed by atoms with van der Waals surface area (Å²) >= 11 is 0. The van der Waals surface area contributed by atoms with Gasteiger partial charge in [0.2, 0.25) is 0 Å². The highest BCUT2D eigenvalue weighted by atomic mass is 16.5. The monoisotopic (exact) mass is 383 g/mol. The van der Waals surface area contributed by atoms with Crippen molar-refractivity contribution in [2.24, 2.45) is 0 Å². The molecule has 3 rings (SSSR count). The van der Waals surface area contributed by atoms with Crippen LogP contribution in [0, 0.1) is 0 Å². The van der Waals surface area contributed by atoms with Crippen LogP contribution in [0.4, 0.5) is 10.5 Å². The Hall–Kier alpha value is -2.27. The Morgan fingerprint density at radius 1 is 1.39 bits per heavy atom. The number of amides is 1. The van der Waals surface area contributed by atoms with Gasteiger partial charge in [0.05, 0.1) is 6.61 Å². The molecule has 1 aliphatic rings. The molecular formula is C23H33N3O2. The normalized spacial score (nSPS) is 17.2. The van der Waals surface area contributed by atoms with Crippen molar-refractivity contribution in [1.29, 1.82) is 0 Å². The van der Waals surface area contributed by atoms with Crippen molar-refractivity contribution in [2.45, 2.75) is 58.4 Å². The minimum atomic E-state index is -0.400. The Morgan fingerprint density at radius 2 is 2.18 bits per heavy atom. The van der Waals surface area contributed by atoms with Gasteiger partial charge in [-0.3, -0.25) is 5.32 Å². The molecule has 5 heteroatoms. The molecule has 1 fully saturated rings. The van der Waals surface area contributed by atoms with Crippen LogP contribution in [0.1, 0.15) is 57.9 Å². The lowest BCUT2D eigenvalue weighted by Gasteiger charge is -2.35. The van der Waals surface area contributed by atoms with Gasteiger partial charge in [0.15, 0.2) is 0 Å². The fraction of sp³-hybridized carbons (Fsp3) is 0.522. The van der Waals surface area contributed by atoms with E-state index in [9.17, 15) is 4.79 Å². The fourth-order valence-electron chi connectivity index (χ4n) is 4.01. The summed E-state index contributed by atoms with van der Waals surface area (Å²) < 4.78 is 5.22. The Kier molecular flexibility index (Phi) is 7.15. The number of piperidine rings is 1. The van der Waals surface area contributed by atoms with E-state index in [1.165, 1.54) is 30.2 Å². The molecule has 5 nitrogen and oxygen atoms in total. The number of carbonyl (C=O) groups excluding carboxylic acids is 1. The first kappa shape index (κ1) is 20.5. The van der Waals surface area contributed by atoms with Gasteiger partial charge >= 0.3 is 6.09 Å². The fourth-order valence-corrected chi connectivity index (χ4v) is 4.01. The van der Waals surface area contributed by atoms with E-state index in [0.717, 1.165) is 30.7 Å². The molecule has 1 aromatic carbocycles. The number of aromatic amines is 1. The van der Waals surface area contributed by atoms with E-state index in [1.807, 2.05) is 31.2 Å². The number of ether oxygens (including phenoxy) is 1. The highest BCUT2D eigenvalue weighted by Gasteiger charge is 2.24. The van der Waals surface area contributed by atoms with Gasteiger partial charge in [0, 0.05) is 28.8 Å².